The number of hydrogen-bond acceptors (Lipinski definition) is 4. The number of carbonyl (C=O) groups is 1. The van der Waals surface area contributed by atoms with Gasteiger partial charge in [-0.05, 0) is 29.7 Å². The van der Waals surface area contributed by atoms with Crippen LogP contribution in [0.2, 0.25) is 0 Å². The first kappa shape index (κ1) is 17.1. The number of aromatic nitrogens is 2. The normalized spacial score (nSPS) is 23.9. The second kappa shape index (κ2) is 6.56. The number of likely N-dealkylation sites (tertiary alicyclic amines) is 1. The summed E-state index contributed by atoms with van der Waals surface area (Å²) in [6.07, 6.45) is 1.50. The van der Waals surface area contributed by atoms with Crippen molar-refractivity contribution in [3.63, 3.8) is 0 Å². The second-order valence-electron chi connectivity index (χ2n) is 7.79. The standard InChI is InChI=1S/C22H22N4O2/c1-25-13-24-19-9-15(7-8-17(19)22(25)28)21(27)26-12-16-10-23-11-18(16)20(26)14-5-3-2-4-6-14/h2-9,13,16,18,20,23H,10-12H2,1H3/t16-,18-,20+/m0/s1. The first-order chi connectivity index (χ1) is 13.6. The maximum absolute atomic E-state index is 13.5. The van der Waals surface area contributed by atoms with Gasteiger partial charge in [0.15, 0.2) is 0 Å². The first-order valence-corrected chi connectivity index (χ1v) is 9.65. The van der Waals surface area contributed by atoms with Crippen molar-refractivity contribution >= 4 is 16.8 Å². The summed E-state index contributed by atoms with van der Waals surface area (Å²) in [7, 11) is 1.68. The summed E-state index contributed by atoms with van der Waals surface area (Å²) in [5, 5.41) is 4.01. The highest BCUT2D eigenvalue weighted by Gasteiger charge is 2.46. The molecule has 0 radical (unpaired) electrons. The molecular weight excluding hydrogens is 352 g/mol. The minimum absolute atomic E-state index is 0.00706. The zero-order chi connectivity index (χ0) is 19.3. The van der Waals surface area contributed by atoms with Crippen molar-refractivity contribution in [1.29, 1.82) is 0 Å². The van der Waals surface area contributed by atoms with E-state index in [1.807, 2.05) is 23.1 Å². The molecule has 6 heteroatoms. The van der Waals surface area contributed by atoms with E-state index in [0.29, 0.717) is 28.3 Å². The third-order valence-corrected chi connectivity index (χ3v) is 6.13. The predicted octanol–water partition coefficient (Wildman–Crippen LogP) is 1.97. The van der Waals surface area contributed by atoms with Gasteiger partial charge in [-0.1, -0.05) is 30.3 Å². The van der Waals surface area contributed by atoms with Crippen LogP contribution in [0.4, 0.5) is 0 Å². The zero-order valence-corrected chi connectivity index (χ0v) is 15.7. The lowest BCUT2D eigenvalue weighted by atomic mass is 9.89. The van der Waals surface area contributed by atoms with Crippen LogP contribution in [-0.4, -0.2) is 40.0 Å². The van der Waals surface area contributed by atoms with Crippen LogP contribution >= 0.6 is 0 Å². The van der Waals surface area contributed by atoms with E-state index in [1.165, 1.54) is 16.5 Å². The summed E-state index contributed by atoms with van der Waals surface area (Å²) in [4.78, 5) is 32.0. The minimum atomic E-state index is -0.104. The van der Waals surface area contributed by atoms with Gasteiger partial charge in [0.25, 0.3) is 11.5 Å². The van der Waals surface area contributed by atoms with Crippen molar-refractivity contribution in [3.8, 4) is 0 Å². The van der Waals surface area contributed by atoms with E-state index in [-0.39, 0.29) is 17.5 Å². The van der Waals surface area contributed by atoms with Crippen LogP contribution in [0.3, 0.4) is 0 Å². The van der Waals surface area contributed by atoms with Crippen LogP contribution < -0.4 is 10.9 Å². The van der Waals surface area contributed by atoms with Crippen LogP contribution in [0.1, 0.15) is 22.0 Å². The number of rotatable bonds is 2. The molecule has 3 atom stereocenters. The average molecular weight is 374 g/mol. The molecule has 0 saturated carbocycles. The molecule has 0 bridgehead atoms. The molecule has 5 rings (SSSR count). The highest BCUT2D eigenvalue weighted by Crippen LogP contribution is 2.43. The van der Waals surface area contributed by atoms with E-state index in [1.54, 1.807) is 25.2 Å². The lowest BCUT2D eigenvalue weighted by molar-refractivity contribution is 0.0714. The van der Waals surface area contributed by atoms with Crippen molar-refractivity contribution in [2.24, 2.45) is 18.9 Å². The van der Waals surface area contributed by atoms with Crippen molar-refractivity contribution in [2.45, 2.75) is 6.04 Å². The molecule has 6 nitrogen and oxygen atoms in total. The Bertz CT molecular complexity index is 1110. The number of hydrogen-bond donors (Lipinski definition) is 1. The van der Waals surface area contributed by atoms with Gasteiger partial charge in [-0.3, -0.25) is 9.59 Å². The fraction of sp³-hybridized carbons (Fsp3) is 0.318. The topological polar surface area (TPSA) is 67.2 Å². The number of benzene rings is 2. The number of nitrogens with zero attached hydrogens (tertiary/aromatic N) is 3. The molecule has 2 fully saturated rings. The Morgan fingerprint density at radius 3 is 2.79 bits per heavy atom. The van der Waals surface area contributed by atoms with Crippen molar-refractivity contribution < 1.29 is 4.79 Å². The lowest BCUT2D eigenvalue weighted by Gasteiger charge is -2.28. The highest BCUT2D eigenvalue weighted by atomic mass is 16.2. The maximum Gasteiger partial charge on any atom is 0.260 e. The second-order valence-corrected chi connectivity index (χ2v) is 7.79. The molecule has 0 aliphatic carbocycles. The molecule has 28 heavy (non-hydrogen) atoms. The largest absolute Gasteiger partial charge is 0.331 e. The van der Waals surface area contributed by atoms with Crippen molar-refractivity contribution in [3.05, 3.63) is 76.3 Å². The molecule has 2 saturated heterocycles. The van der Waals surface area contributed by atoms with E-state index < -0.39 is 0 Å². The number of fused-ring (bicyclic) bond motifs is 2. The predicted molar refractivity (Wildman–Crippen MR) is 107 cm³/mol. The van der Waals surface area contributed by atoms with Gasteiger partial charge in [-0.15, -0.1) is 0 Å². The Hall–Kier alpha value is -2.99. The number of aryl methyl sites for hydroxylation is 1. The van der Waals surface area contributed by atoms with E-state index >= 15 is 0 Å². The molecule has 2 aliphatic rings. The van der Waals surface area contributed by atoms with Crippen LogP contribution in [0.25, 0.3) is 10.9 Å². The zero-order valence-electron chi connectivity index (χ0n) is 15.7. The summed E-state index contributed by atoms with van der Waals surface area (Å²) in [6.45, 7) is 2.63. The number of nitrogens with one attached hydrogen (secondary N) is 1. The van der Waals surface area contributed by atoms with E-state index in [0.717, 1.165) is 19.6 Å². The lowest BCUT2D eigenvalue weighted by Crippen LogP contribution is -2.34. The molecule has 1 aromatic heterocycles. The van der Waals surface area contributed by atoms with Gasteiger partial charge in [0.2, 0.25) is 0 Å². The molecule has 3 heterocycles. The van der Waals surface area contributed by atoms with Crippen LogP contribution in [0.5, 0.6) is 0 Å². The monoisotopic (exact) mass is 374 g/mol. The third kappa shape index (κ3) is 2.64. The fourth-order valence-electron chi connectivity index (χ4n) is 4.72. The maximum atomic E-state index is 13.5. The summed E-state index contributed by atoms with van der Waals surface area (Å²) in [5.74, 6) is 0.907. The van der Waals surface area contributed by atoms with Crippen molar-refractivity contribution in [2.75, 3.05) is 19.6 Å². The summed E-state index contributed by atoms with van der Waals surface area (Å²) in [5.41, 5.74) is 2.22. The van der Waals surface area contributed by atoms with Gasteiger partial charge in [-0.25, -0.2) is 4.98 Å². The van der Waals surface area contributed by atoms with Gasteiger partial charge in [0.05, 0.1) is 23.3 Å². The molecule has 2 aliphatic heterocycles. The Morgan fingerprint density at radius 2 is 1.96 bits per heavy atom. The molecule has 2 aromatic carbocycles. The average Bonchev–Trinajstić information content (AvgIpc) is 3.32. The highest BCUT2D eigenvalue weighted by molar-refractivity contribution is 5.98. The van der Waals surface area contributed by atoms with E-state index in [9.17, 15) is 9.59 Å². The summed E-state index contributed by atoms with van der Waals surface area (Å²) in [6, 6.07) is 15.6. The molecule has 0 spiro atoms. The summed E-state index contributed by atoms with van der Waals surface area (Å²) < 4.78 is 1.45. The fourth-order valence-corrected chi connectivity index (χ4v) is 4.72. The molecule has 3 aromatic rings. The minimum Gasteiger partial charge on any atom is -0.331 e. The molecule has 142 valence electrons. The smallest absolute Gasteiger partial charge is 0.260 e. The van der Waals surface area contributed by atoms with Gasteiger partial charge in [-0.2, -0.15) is 0 Å². The first-order valence-electron chi connectivity index (χ1n) is 9.65. The summed E-state index contributed by atoms with van der Waals surface area (Å²) >= 11 is 0. The Morgan fingerprint density at radius 1 is 1.14 bits per heavy atom. The van der Waals surface area contributed by atoms with Crippen LogP contribution in [-0.2, 0) is 7.05 Å². The molecule has 1 amide bonds. The van der Waals surface area contributed by atoms with Crippen LogP contribution in [0, 0.1) is 11.8 Å². The number of amides is 1. The number of carbonyl (C=O) groups excluding carboxylic acids is 1. The van der Waals surface area contributed by atoms with E-state index in [2.05, 4.69) is 22.4 Å². The van der Waals surface area contributed by atoms with Gasteiger partial charge >= 0.3 is 0 Å². The molecule has 0 unspecified atom stereocenters. The van der Waals surface area contributed by atoms with Crippen molar-refractivity contribution in [1.82, 2.24) is 19.8 Å². The molecule has 1 N–H and O–H groups in total. The molecular formula is C22H22N4O2. The SMILES string of the molecule is Cn1cnc2cc(C(=O)N3C[C@@H]4CNC[C@@H]4[C@H]3c3ccccc3)ccc2c1=O. The van der Waals surface area contributed by atoms with Gasteiger partial charge in [0, 0.05) is 38.2 Å². The third-order valence-electron chi connectivity index (χ3n) is 6.13. The quantitative estimate of drug-likeness (QED) is 0.745. The van der Waals surface area contributed by atoms with Gasteiger partial charge < -0.3 is 14.8 Å². The Labute approximate surface area is 162 Å². The Kier molecular flexibility index (Phi) is 4.02. The van der Waals surface area contributed by atoms with E-state index in [4.69, 9.17) is 0 Å². The Balaban J connectivity index is 1.54. The van der Waals surface area contributed by atoms with Gasteiger partial charge in [0.1, 0.15) is 0 Å². The van der Waals surface area contributed by atoms with Crippen LogP contribution in [0.15, 0.2) is 59.7 Å².